The van der Waals surface area contributed by atoms with Gasteiger partial charge < -0.3 is 26.9 Å². The smallest absolute Gasteiger partial charge is 0.136 e. The highest BCUT2D eigenvalue weighted by Crippen LogP contribution is 2.42. The van der Waals surface area contributed by atoms with Gasteiger partial charge in [-0.25, -0.2) is 29.4 Å². The topological polar surface area (TPSA) is 19.4 Å². The Labute approximate surface area is 600 Å². The highest BCUT2D eigenvalue weighted by atomic mass is 15.6. The molecule has 0 aromatic heterocycles. The first-order chi connectivity index (χ1) is 45.1. The van der Waals surface area contributed by atoms with Crippen molar-refractivity contribution in [3.8, 4) is 0 Å². The van der Waals surface area contributed by atoms with Crippen molar-refractivity contribution in [3.05, 3.63) is 0 Å². The lowest BCUT2D eigenvalue weighted by atomic mass is 9.97. The Balaban J connectivity index is 0.000000163. The zero-order valence-electron chi connectivity index (χ0n) is 69.8. The molecule has 12 rings (SSSR count). The van der Waals surface area contributed by atoms with Crippen molar-refractivity contribution in [2.24, 2.45) is 0 Å². The van der Waals surface area contributed by atoms with Crippen LogP contribution in [0.5, 0.6) is 0 Å². The van der Waals surface area contributed by atoms with E-state index in [0.717, 1.165) is 36.3 Å². The van der Waals surface area contributed by atoms with Crippen molar-refractivity contribution >= 4 is 0 Å². The molecule has 0 saturated carbocycles. The van der Waals surface area contributed by atoms with Crippen LogP contribution in [0.3, 0.4) is 0 Å². The molecule has 12 aliphatic rings. The summed E-state index contributed by atoms with van der Waals surface area (Å²) in [6, 6.07) is 5.14. The summed E-state index contributed by atoms with van der Waals surface area (Å²) in [5.41, 5.74) is 2.38. The van der Waals surface area contributed by atoms with Crippen molar-refractivity contribution in [1.29, 1.82) is 0 Å². The van der Waals surface area contributed by atoms with E-state index >= 15 is 0 Å². The third kappa shape index (κ3) is 19.1. The molecule has 0 aromatic carbocycles. The highest BCUT2D eigenvalue weighted by Gasteiger charge is 2.55. The predicted octanol–water partition coefficient (Wildman–Crippen LogP) is 17.0. The minimum absolute atomic E-state index is 0.393. The summed E-state index contributed by atoms with van der Waals surface area (Å²) in [5.74, 6) is 0. The van der Waals surface area contributed by atoms with Crippen LogP contribution in [-0.2, 0) is 0 Å². The van der Waals surface area contributed by atoms with Crippen molar-refractivity contribution < 1.29 is 26.9 Å². The first-order valence-electron chi connectivity index (χ1n) is 42.8. The Bertz CT molecular complexity index is 2250. The average Bonchev–Trinajstić information content (AvgIpc) is 1.65. The van der Waals surface area contributed by atoms with Gasteiger partial charge in [0, 0.05) is 117 Å². The van der Waals surface area contributed by atoms with Crippen molar-refractivity contribution in [1.82, 2.24) is 29.4 Å². The standard InChI is InChI=1S/2C15H31N2.2C14H29N2.2C13H27N2/c1-5-9-14-12-17(10-7-8-11-17)13-16(14)15(3,4)6-2;1-5-9-14-12-16(15(3,4)6-2)13-17(14)10-7-8-11-17;1-5-13-11-16(9-7-8-10-16)12-15(13)14(3,4)6-2;1-5-13-11-15(14(3,4)6-2)12-16(13)9-7-8-10-16;1-5-13(3,4)14-11-15(10-12(14)2)8-6-7-9-15;1-5-13(3,4)14-10-12(2)15(11-14)8-6-7-9-15/h2*14H,5-13H2,1-4H3;2*13H,5-12H2,1-4H3;2*12H,5-11H2,1-4H3/q6*+1. The largest absolute Gasteiger partial charge is 0.310 e. The average molecular weight is 1350 g/mol. The van der Waals surface area contributed by atoms with Crippen LogP contribution >= 0.6 is 0 Å². The van der Waals surface area contributed by atoms with E-state index < -0.39 is 0 Å². The van der Waals surface area contributed by atoms with Gasteiger partial charge in [0.1, 0.15) is 58.1 Å². The monoisotopic (exact) mass is 1350 g/mol. The number of quaternary nitrogens is 6. The molecule has 6 atom stereocenters. The van der Waals surface area contributed by atoms with Crippen molar-refractivity contribution in [2.75, 3.05) is 158 Å². The van der Waals surface area contributed by atoms with E-state index in [9.17, 15) is 0 Å². The third-order valence-electron chi connectivity index (χ3n) is 31.0. The summed E-state index contributed by atoms with van der Waals surface area (Å²) in [4.78, 5) is 16.6. The Kier molecular flexibility index (Phi) is 29.5. The Morgan fingerprint density at radius 3 is 0.969 bits per heavy atom. The molecule has 12 heteroatoms. The van der Waals surface area contributed by atoms with E-state index in [4.69, 9.17) is 0 Å². The molecular formula is C84H174N12+6. The number of rotatable bonds is 18. The third-order valence-corrected chi connectivity index (χ3v) is 31.0. The molecule has 12 nitrogen and oxygen atoms in total. The van der Waals surface area contributed by atoms with Gasteiger partial charge in [-0.3, -0.25) is 0 Å². The quantitative estimate of drug-likeness (QED) is 0.127. The van der Waals surface area contributed by atoms with Gasteiger partial charge in [-0.1, -0.05) is 82.1 Å². The summed E-state index contributed by atoms with van der Waals surface area (Å²) in [6.45, 7) is 90.6. The van der Waals surface area contributed by atoms with Gasteiger partial charge in [0.25, 0.3) is 0 Å². The van der Waals surface area contributed by atoms with E-state index in [2.05, 4.69) is 196 Å². The fraction of sp³-hybridized carbons (Fsp3) is 1.00. The Hall–Kier alpha value is -0.480. The maximum Gasteiger partial charge on any atom is 0.136 e. The van der Waals surface area contributed by atoms with E-state index in [1.807, 2.05) is 0 Å². The molecule has 0 bridgehead atoms. The van der Waals surface area contributed by atoms with Crippen LogP contribution in [0.15, 0.2) is 0 Å². The first-order valence-corrected chi connectivity index (χ1v) is 42.8. The second-order valence-electron chi connectivity index (χ2n) is 39.3. The molecule has 12 saturated heterocycles. The maximum absolute atomic E-state index is 2.84. The predicted molar refractivity (Wildman–Crippen MR) is 416 cm³/mol. The van der Waals surface area contributed by atoms with Gasteiger partial charge in [0.15, 0.2) is 0 Å². The molecule has 0 radical (unpaired) electrons. The van der Waals surface area contributed by atoms with E-state index in [0.29, 0.717) is 33.2 Å². The van der Waals surface area contributed by atoms with Gasteiger partial charge in [0.2, 0.25) is 0 Å². The minimum Gasteiger partial charge on any atom is -0.310 e. The molecule has 0 N–H and O–H groups in total. The van der Waals surface area contributed by atoms with E-state index in [1.165, 1.54) is 339 Å². The van der Waals surface area contributed by atoms with Crippen LogP contribution < -0.4 is 0 Å². The molecular weight excluding hydrogens is 1180 g/mol. The summed E-state index contributed by atoms with van der Waals surface area (Å²) in [7, 11) is 0. The molecule has 0 aliphatic carbocycles. The summed E-state index contributed by atoms with van der Waals surface area (Å²) < 4.78 is 8.45. The van der Waals surface area contributed by atoms with Crippen LogP contribution in [0, 0.1) is 0 Å². The van der Waals surface area contributed by atoms with Gasteiger partial charge in [-0.05, 0) is 155 Å². The number of hydrogen-bond acceptors (Lipinski definition) is 6. The Morgan fingerprint density at radius 2 is 0.594 bits per heavy atom. The van der Waals surface area contributed by atoms with Gasteiger partial charge >= 0.3 is 0 Å². The SMILES string of the molecule is CCC(C)(C)N1CC(C)[N+]2(CCCC2)C1.CCC(C)(C)N1C[N+]2(CCCC2)CC1C.CCC1CN(C(C)(C)CC)C[N+]12CCCC2.CCC1C[N+]2(CCCC2)CN1C(C)(C)CC.CCCC1CN(C(C)(C)CC)C[N+]12CCCC2.CCCC1C[N+]2(CCCC2)CN1C(C)(C)CC. The Morgan fingerprint density at radius 1 is 0.292 bits per heavy atom. The molecule has 12 heterocycles. The molecule has 564 valence electrons. The second kappa shape index (κ2) is 34.2. The maximum atomic E-state index is 2.84. The lowest BCUT2D eigenvalue weighted by molar-refractivity contribution is -0.932. The molecule has 0 amide bonds. The van der Waals surface area contributed by atoms with Crippen LogP contribution in [0.4, 0.5) is 0 Å². The summed E-state index contributed by atoms with van der Waals surface area (Å²) >= 11 is 0. The fourth-order valence-corrected chi connectivity index (χ4v) is 21.6. The lowest BCUT2D eigenvalue weighted by Gasteiger charge is -2.37. The number of hydrogen-bond donors (Lipinski definition) is 0. The van der Waals surface area contributed by atoms with E-state index in [-0.39, 0.29) is 0 Å². The van der Waals surface area contributed by atoms with Gasteiger partial charge in [-0.2, -0.15) is 0 Å². The molecule has 6 spiro atoms. The zero-order chi connectivity index (χ0) is 70.9. The zero-order valence-corrected chi connectivity index (χ0v) is 69.8. The molecule has 6 unspecified atom stereocenters. The molecule has 96 heavy (non-hydrogen) atoms. The van der Waals surface area contributed by atoms with Crippen LogP contribution in [0.25, 0.3) is 0 Å². The first kappa shape index (κ1) is 82.8. The lowest BCUT2D eigenvalue weighted by Crippen LogP contribution is -2.51. The van der Waals surface area contributed by atoms with Crippen LogP contribution in [0.2, 0.25) is 0 Å². The van der Waals surface area contributed by atoms with Crippen molar-refractivity contribution in [3.63, 3.8) is 0 Å². The van der Waals surface area contributed by atoms with Crippen LogP contribution in [0.1, 0.15) is 320 Å². The highest BCUT2D eigenvalue weighted by molar-refractivity contribution is 4.93. The summed E-state index contributed by atoms with van der Waals surface area (Å²) in [5, 5.41) is 0. The van der Waals surface area contributed by atoms with Crippen LogP contribution in [-0.4, -0.2) is 284 Å². The van der Waals surface area contributed by atoms with Gasteiger partial charge in [0.05, 0.1) is 136 Å². The van der Waals surface area contributed by atoms with E-state index in [1.54, 1.807) is 0 Å². The van der Waals surface area contributed by atoms with Crippen molar-refractivity contribution in [2.45, 2.75) is 390 Å². The number of nitrogens with zero attached hydrogens (tertiary/aromatic N) is 12. The summed E-state index contributed by atoms with van der Waals surface area (Å²) in [6.07, 6.45) is 33.2. The fourth-order valence-electron chi connectivity index (χ4n) is 21.6. The minimum atomic E-state index is 0.393. The molecule has 0 aromatic rings. The van der Waals surface area contributed by atoms with Gasteiger partial charge in [-0.15, -0.1) is 0 Å². The second-order valence-corrected chi connectivity index (χ2v) is 39.3. The normalized spacial score (nSPS) is 30.4. The molecule has 12 aliphatic heterocycles. The molecule has 12 fully saturated rings.